The Labute approximate surface area is 308 Å². The van der Waals surface area contributed by atoms with Gasteiger partial charge in [-0.3, -0.25) is 0 Å². The minimum atomic E-state index is -5.06. The summed E-state index contributed by atoms with van der Waals surface area (Å²) >= 11 is 0. The minimum absolute atomic E-state index is 0.0493. The van der Waals surface area contributed by atoms with Crippen LogP contribution in [0.25, 0.3) is 72.8 Å². The standard InChI is InChI=1S/C43H22F6N6/c44-42(45,46)31-19-30(20-32(22-31)43(47,48)49)29-13-14-33(41-53-39(27-7-3-1-4-8-27)52-40(54-41)28-9-5-2-6-10-28)38(21-29)55-36-15-11-25(23-50)17-34(36)35-18-26(24-51)12-16-37(35)55/h1-22H. The number of nitriles is 2. The first kappa shape index (κ1) is 34.8. The summed E-state index contributed by atoms with van der Waals surface area (Å²) in [6.45, 7) is 0. The molecule has 2 aromatic heterocycles. The van der Waals surface area contributed by atoms with E-state index in [0.29, 0.717) is 79.1 Å². The summed E-state index contributed by atoms with van der Waals surface area (Å²) in [5.41, 5.74) is 0.617. The highest BCUT2D eigenvalue weighted by Gasteiger charge is 2.37. The van der Waals surface area contributed by atoms with Crippen LogP contribution >= 0.6 is 0 Å². The molecule has 8 rings (SSSR count). The average Bonchev–Trinajstić information content (AvgIpc) is 3.53. The van der Waals surface area contributed by atoms with Gasteiger partial charge in [0.15, 0.2) is 17.5 Å². The molecule has 0 aliphatic heterocycles. The summed E-state index contributed by atoms with van der Waals surface area (Å²) in [7, 11) is 0. The molecule has 6 aromatic carbocycles. The van der Waals surface area contributed by atoms with Crippen LogP contribution in [0.3, 0.4) is 0 Å². The van der Waals surface area contributed by atoms with Gasteiger partial charge in [0.25, 0.3) is 0 Å². The zero-order valence-corrected chi connectivity index (χ0v) is 28.2. The third-order valence-corrected chi connectivity index (χ3v) is 9.12. The van der Waals surface area contributed by atoms with E-state index in [9.17, 15) is 36.9 Å². The van der Waals surface area contributed by atoms with Crippen molar-refractivity contribution in [2.24, 2.45) is 0 Å². The van der Waals surface area contributed by atoms with Crippen molar-refractivity contribution in [2.75, 3.05) is 0 Å². The Bertz CT molecular complexity index is 2710. The lowest BCUT2D eigenvalue weighted by atomic mass is 9.97. The van der Waals surface area contributed by atoms with Crippen molar-refractivity contribution in [3.63, 3.8) is 0 Å². The molecule has 0 radical (unpaired) electrons. The average molecular weight is 737 g/mol. The highest BCUT2D eigenvalue weighted by Crippen LogP contribution is 2.42. The van der Waals surface area contributed by atoms with Gasteiger partial charge in [-0.15, -0.1) is 0 Å². The SMILES string of the molecule is N#Cc1ccc2c(c1)c1cc(C#N)ccc1n2-c1cc(-c2cc(C(F)(F)F)cc(C(F)(F)F)c2)ccc1-c1nc(-c2ccccc2)nc(-c2ccccc2)n1. The van der Waals surface area contributed by atoms with Crippen molar-refractivity contribution < 1.29 is 26.3 Å². The lowest BCUT2D eigenvalue weighted by Crippen LogP contribution is -2.11. The van der Waals surface area contributed by atoms with E-state index in [1.807, 2.05) is 60.7 Å². The highest BCUT2D eigenvalue weighted by atomic mass is 19.4. The van der Waals surface area contributed by atoms with Crippen LogP contribution in [0.4, 0.5) is 26.3 Å². The monoisotopic (exact) mass is 736 g/mol. The Hall–Kier alpha value is -7.31. The number of halogens is 6. The van der Waals surface area contributed by atoms with Gasteiger partial charge in [-0.1, -0.05) is 66.7 Å². The Balaban J connectivity index is 1.48. The summed E-state index contributed by atoms with van der Waals surface area (Å²) in [5.74, 6) is 0.824. The second kappa shape index (κ2) is 13.3. The number of fused-ring (bicyclic) bond motifs is 3. The van der Waals surface area contributed by atoms with Gasteiger partial charge in [0.05, 0.1) is 51.1 Å². The van der Waals surface area contributed by atoms with E-state index in [4.69, 9.17) is 15.0 Å². The second-order valence-electron chi connectivity index (χ2n) is 12.6. The summed E-state index contributed by atoms with van der Waals surface area (Å²) in [5, 5.41) is 20.7. The maximum Gasteiger partial charge on any atom is 0.416 e. The zero-order chi connectivity index (χ0) is 38.5. The molecule has 0 unspecified atom stereocenters. The predicted octanol–water partition coefficient (Wildman–Crippen LogP) is 11.4. The van der Waals surface area contributed by atoms with Crippen molar-refractivity contribution in [3.8, 4) is 63.1 Å². The van der Waals surface area contributed by atoms with Gasteiger partial charge in [0, 0.05) is 27.5 Å². The summed E-state index contributed by atoms with van der Waals surface area (Å²) < 4.78 is 85.9. The predicted molar refractivity (Wildman–Crippen MR) is 195 cm³/mol. The maximum atomic E-state index is 14.0. The van der Waals surface area contributed by atoms with Crippen LogP contribution in [-0.4, -0.2) is 19.5 Å². The van der Waals surface area contributed by atoms with Crippen LogP contribution in [-0.2, 0) is 12.4 Å². The fraction of sp³-hybridized carbons (Fsp3) is 0.0465. The topological polar surface area (TPSA) is 91.2 Å². The van der Waals surface area contributed by atoms with Crippen LogP contribution in [0.5, 0.6) is 0 Å². The van der Waals surface area contributed by atoms with E-state index >= 15 is 0 Å². The van der Waals surface area contributed by atoms with E-state index in [0.717, 1.165) is 0 Å². The van der Waals surface area contributed by atoms with Crippen molar-refractivity contribution in [2.45, 2.75) is 12.4 Å². The Morgan fingerprint density at radius 3 is 1.38 bits per heavy atom. The van der Waals surface area contributed by atoms with E-state index in [1.165, 1.54) is 12.1 Å². The molecule has 0 saturated heterocycles. The first-order valence-electron chi connectivity index (χ1n) is 16.6. The molecule has 266 valence electrons. The molecule has 2 heterocycles. The largest absolute Gasteiger partial charge is 0.416 e. The third kappa shape index (κ3) is 6.51. The van der Waals surface area contributed by atoms with Gasteiger partial charge in [0.1, 0.15) is 0 Å². The van der Waals surface area contributed by atoms with Gasteiger partial charge >= 0.3 is 12.4 Å². The van der Waals surface area contributed by atoms with Crippen molar-refractivity contribution in [3.05, 3.63) is 156 Å². The van der Waals surface area contributed by atoms with Gasteiger partial charge < -0.3 is 4.57 Å². The molecule has 0 saturated carbocycles. The molecule has 6 nitrogen and oxygen atoms in total. The van der Waals surface area contributed by atoms with Crippen LogP contribution in [0.2, 0.25) is 0 Å². The first-order chi connectivity index (χ1) is 26.4. The van der Waals surface area contributed by atoms with Crippen molar-refractivity contribution in [1.82, 2.24) is 19.5 Å². The van der Waals surface area contributed by atoms with Crippen LogP contribution in [0.1, 0.15) is 22.3 Å². The second-order valence-corrected chi connectivity index (χ2v) is 12.6. The molecule has 8 aromatic rings. The van der Waals surface area contributed by atoms with Gasteiger partial charge in [-0.2, -0.15) is 36.9 Å². The van der Waals surface area contributed by atoms with Crippen molar-refractivity contribution in [1.29, 1.82) is 10.5 Å². The first-order valence-corrected chi connectivity index (χ1v) is 16.6. The summed E-state index contributed by atoms with van der Waals surface area (Å²) in [4.78, 5) is 14.5. The molecule has 0 atom stereocenters. The van der Waals surface area contributed by atoms with E-state index in [-0.39, 0.29) is 23.0 Å². The molecule has 0 aliphatic rings. The number of nitrogens with zero attached hydrogens (tertiary/aromatic N) is 6. The van der Waals surface area contributed by atoms with Crippen LogP contribution in [0.15, 0.2) is 133 Å². The molecule has 0 bridgehead atoms. The van der Waals surface area contributed by atoms with E-state index < -0.39 is 23.5 Å². The van der Waals surface area contributed by atoms with Crippen molar-refractivity contribution >= 4 is 21.8 Å². The molecule has 0 amide bonds. The third-order valence-electron chi connectivity index (χ3n) is 9.12. The lowest BCUT2D eigenvalue weighted by Gasteiger charge is -2.18. The molecule has 0 N–H and O–H groups in total. The molecule has 12 heteroatoms. The number of rotatable bonds is 5. The van der Waals surface area contributed by atoms with Gasteiger partial charge in [-0.05, 0) is 77.9 Å². The Morgan fingerprint density at radius 2 is 0.927 bits per heavy atom. The zero-order valence-electron chi connectivity index (χ0n) is 28.2. The number of hydrogen-bond acceptors (Lipinski definition) is 5. The molecule has 55 heavy (non-hydrogen) atoms. The molecule has 0 fully saturated rings. The Kier molecular flexibility index (Phi) is 8.39. The van der Waals surface area contributed by atoms with Crippen LogP contribution in [0, 0.1) is 22.7 Å². The minimum Gasteiger partial charge on any atom is -0.308 e. The number of alkyl halides is 6. The lowest BCUT2D eigenvalue weighted by molar-refractivity contribution is -0.143. The Morgan fingerprint density at radius 1 is 0.455 bits per heavy atom. The molecule has 0 spiro atoms. The summed E-state index contributed by atoms with van der Waals surface area (Å²) in [6, 6.07) is 38.4. The number of benzene rings is 6. The van der Waals surface area contributed by atoms with Gasteiger partial charge in [-0.25, -0.2) is 15.0 Å². The smallest absolute Gasteiger partial charge is 0.308 e. The number of aromatic nitrogens is 4. The molecular formula is C43H22F6N6. The van der Waals surface area contributed by atoms with Gasteiger partial charge in [0.2, 0.25) is 0 Å². The maximum absolute atomic E-state index is 14.0. The quantitative estimate of drug-likeness (QED) is 0.164. The van der Waals surface area contributed by atoms with E-state index in [2.05, 4.69) is 12.1 Å². The number of hydrogen-bond donors (Lipinski definition) is 0. The van der Waals surface area contributed by atoms with Crippen LogP contribution < -0.4 is 0 Å². The normalized spacial score (nSPS) is 11.8. The highest BCUT2D eigenvalue weighted by molar-refractivity contribution is 6.10. The molecular weight excluding hydrogens is 715 g/mol. The molecule has 0 aliphatic carbocycles. The van der Waals surface area contributed by atoms with E-state index in [1.54, 1.807) is 47.0 Å². The fourth-order valence-corrected chi connectivity index (χ4v) is 6.56. The fourth-order valence-electron chi connectivity index (χ4n) is 6.56. The summed E-state index contributed by atoms with van der Waals surface area (Å²) in [6.07, 6.45) is -10.1.